The standard InChI is InChI=1S/C9H17NO2/c1-12-9(11)7-8-3-2-5-10-6-4-8/h8,10H,2-7H2,1H3. The second-order valence-corrected chi connectivity index (χ2v) is 3.33. The Morgan fingerprint density at radius 1 is 1.50 bits per heavy atom. The number of carbonyl (C=O) groups is 1. The average Bonchev–Trinajstić information content (AvgIpc) is 2.33. The molecule has 3 nitrogen and oxygen atoms in total. The van der Waals surface area contributed by atoms with Crippen LogP contribution in [-0.4, -0.2) is 26.2 Å². The minimum absolute atomic E-state index is 0.0677. The zero-order valence-corrected chi connectivity index (χ0v) is 7.64. The van der Waals surface area contributed by atoms with Crippen molar-refractivity contribution < 1.29 is 9.53 Å². The maximum Gasteiger partial charge on any atom is 0.305 e. The maximum absolute atomic E-state index is 10.9. The zero-order chi connectivity index (χ0) is 8.81. The summed E-state index contributed by atoms with van der Waals surface area (Å²) in [5, 5.41) is 3.32. The molecule has 1 heterocycles. The third kappa shape index (κ3) is 3.22. The van der Waals surface area contributed by atoms with Gasteiger partial charge >= 0.3 is 5.97 Å². The van der Waals surface area contributed by atoms with Gasteiger partial charge in [-0.05, 0) is 38.3 Å². The largest absolute Gasteiger partial charge is 0.469 e. The number of nitrogens with one attached hydrogen (secondary N) is 1. The van der Waals surface area contributed by atoms with Gasteiger partial charge in [-0.25, -0.2) is 0 Å². The third-order valence-corrected chi connectivity index (χ3v) is 2.38. The number of carbonyl (C=O) groups excluding carboxylic acids is 1. The average molecular weight is 171 g/mol. The number of hydrogen-bond donors (Lipinski definition) is 1. The molecule has 1 aliphatic rings. The molecule has 0 aliphatic carbocycles. The molecule has 1 N–H and O–H groups in total. The first kappa shape index (κ1) is 9.52. The Labute approximate surface area is 73.5 Å². The summed E-state index contributed by atoms with van der Waals surface area (Å²) in [6, 6.07) is 0. The van der Waals surface area contributed by atoms with Crippen LogP contribution in [0.15, 0.2) is 0 Å². The molecule has 0 amide bonds. The van der Waals surface area contributed by atoms with Crippen molar-refractivity contribution in [2.75, 3.05) is 20.2 Å². The van der Waals surface area contributed by atoms with Crippen LogP contribution in [0.1, 0.15) is 25.7 Å². The summed E-state index contributed by atoms with van der Waals surface area (Å²) in [7, 11) is 1.46. The molecule has 3 heteroatoms. The lowest BCUT2D eigenvalue weighted by Gasteiger charge is -2.10. The van der Waals surface area contributed by atoms with Gasteiger partial charge in [0, 0.05) is 6.42 Å². The number of ether oxygens (including phenoxy) is 1. The minimum atomic E-state index is -0.0677. The zero-order valence-electron chi connectivity index (χ0n) is 7.64. The van der Waals surface area contributed by atoms with E-state index in [9.17, 15) is 4.79 Å². The van der Waals surface area contributed by atoms with E-state index in [4.69, 9.17) is 0 Å². The van der Waals surface area contributed by atoms with E-state index in [1.165, 1.54) is 13.5 Å². The third-order valence-electron chi connectivity index (χ3n) is 2.38. The molecule has 0 bridgehead atoms. The minimum Gasteiger partial charge on any atom is -0.469 e. The van der Waals surface area contributed by atoms with Gasteiger partial charge in [-0.15, -0.1) is 0 Å². The van der Waals surface area contributed by atoms with Crippen LogP contribution in [0.4, 0.5) is 0 Å². The van der Waals surface area contributed by atoms with Crippen molar-refractivity contribution in [1.29, 1.82) is 0 Å². The smallest absolute Gasteiger partial charge is 0.305 e. The Bertz CT molecular complexity index is 139. The molecule has 1 saturated heterocycles. The Kier molecular flexibility index (Phi) is 4.08. The lowest BCUT2D eigenvalue weighted by molar-refractivity contribution is -0.141. The lowest BCUT2D eigenvalue weighted by atomic mass is 9.97. The normalized spacial score (nSPS) is 24.6. The molecule has 70 valence electrons. The van der Waals surface area contributed by atoms with E-state index < -0.39 is 0 Å². The molecule has 1 fully saturated rings. The van der Waals surface area contributed by atoms with E-state index in [1.807, 2.05) is 0 Å². The lowest BCUT2D eigenvalue weighted by Crippen LogP contribution is -2.15. The van der Waals surface area contributed by atoms with Crippen molar-refractivity contribution >= 4 is 5.97 Å². The van der Waals surface area contributed by atoms with Crippen molar-refractivity contribution in [3.8, 4) is 0 Å². The van der Waals surface area contributed by atoms with Crippen LogP contribution in [0.3, 0.4) is 0 Å². The maximum atomic E-state index is 10.9. The van der Waals surface area contributed by atoms with Gasteiger partial charge in [0.15, 0.2) is 0 Å². The first-order valence-corrected chi connectivity index (χ1v) is 4.60. The predicted octanol–water partition coefficient (Wildman–Crippen LogP) is 0.939. The molecule has 12 heavy (non-hydrogen) atoms. The Balaban J connectivity index is 2.24. The van der Waals surface area contributed by atoms with Crippen molar-refractivity contribution in [2.24, 2.45) is 5.92 Å². The molecule has 1 aliphatic heterocycles. The van der Waals surface area contributed by atoms with Crippen LogP contribution < -0.4 is 5.32 Å². The van der Waals surface area contributed by atoms with Gasteiger partial charge < -0.3 is 10.1 Å². The van der Waals surface area contributed by atoms with Gasteiger partial charge in [0.05, 0.1) is 7.11 Å². The first-order chi connectivity index (χ1) is 5.83. The highest BCUT2D eigenvalue weighted by molar-refractivity contribution is 5.69. The molecular weight excluding hydrogens is 154 g/mol. The van der Waals surface area contributed by atoms with E-state index in [0.29, 0.717) is 12.3 Å². The second kappa shape index (κ2) is 5.14. The molecule has 0 aromatic heterocycles. The summed E-state index contributed by atoms with van der Waals surface area (Å²) in [5.74, 6) is 0.467. The SMILES string of the molecule is COC(=O)CC1CCCNCC1. The first-order valence-electron chi connectivity index (χ1n) is 4.60. The van der Waals surface area contributed by atoms with Gasteiger partial charge in [-0.3, -0.25) is 4.79 Å². The molecular formula is C9H17NO2. The molecule has 1 rings (SSSR count). The summed E-state index contributed by atoms with van der Waals surface area (Å²) in [5.41, 5.74) is 0. The van der Waals surface area contributed by atoms with Gasteiger partial charge in [-0.1, -0.05) is 0 Å². The Morgan fingerprint density at radius 3 is 3.08 bits per heavy atom. The molecule has 0 aromatic carbocycles. The van der Waals surface area contributed by atoms with Gasteiger partial charge in [0.2, 0.25) is 0 Å². The fourth-order valence-electron chi connectivity index (χ4n) is 1.61. The Morgan fingerprint density at radius 2 is 2.33 bits per heavy atom. The van der Waals surface area contributed by atoms with Crippen LogP contribution in [-0.2, 0) is 9.53 Å². The number of hydrogen-bond acceptors (Lipinski definition) is 3. The fourth-order valence-corrected chi connectivity index (χ4v) is 1.61. The highest BCUT2D eigenvalue weighted by Crippen LogP contribution is 2.17. The van der Waals surface area contributed by atoms with Crippen molar-refractivity contribution in [2.45, 2.75) is 25.7 Å². The summed E-state index contributed by atoms with van der Waals surface area (Å²) in [6.07, 6.45) is 4.04. The van der Waals surface area contributed by atoms with Crippen molar-refractivity contribution in [1.82, 2.24) is 5.32 Å². The number of esters is 1. The van der Waals surface area contributed by atoms with E-state index in [0.717, 1.165) is 25.9 Å². The summed E-state index contributed by atoms with van der Waals surface area (Å²) in [6.45, 7) is 2.14. The van der Waals surface area contributed by atoms with Crippen LogP contribution in [0.25, 0.3) is 0 Å². The van der Waals surface area contributed by atoms with Crippen LogP contribution in [0.5, 0.6) is 0 Å². The van der Waals surface area contributed by atoms with Crippen molar-refractivity contribution in [3.05, 3.63) is 0 Å². The molecule has 1 unspecified atom stereocenters. The predicted molar refractivity (Wildman–Crippen MR) is 46.8 cm³/mol. The summed E-state index contributed by atoms with van der Waals surface area (Å²) in [4.78, 5) is 10.9. The van der Waals surface area contributed by atoms with Crippen LogP contribution in [0.2, 0.25) is 0 Å². The van der Waals surface area contributed by atoms with Crippen LogP contribution >= 0.6 is 0 Å². The monoisotopic (exact) mass is 171 g/mol. The van der Waals surface area contributed by atoms with Gasteiger partial charge in [0.1, 0.15) is 0 Å². The highest BCUT2D eigenvalue weighted by atomic mass is 16.5. The number of rotatable bonds is 2. The van der Waals surface area contributed by atoms with E-state index in [2.05, 4.69) is 10.1 Å². The topological polar surface area (TPSA) is 38.3 Å². The highest BCUT2D eigenvalue weighted by Gasteiger charge is 2.15. The van der Waals surface area contributed by atoms with Gasteiger partial charge in [-0.2, -0.15) is 0 Å². The second-order valence-electron chi connectivity index (χ2n) is 3.33. The molecule has 1 atom stereocenters. The van der Waals surface area contributed by atoms with Gasteiger partial charge in [0.25, 0.3) is 0 Å². The summed E-state index contributed by atoms with van der Waals surface area (Å²) >= 11 is 0. The quantitative estimate of drug-likeness (QED) is 0.628. The molecule has 0 radical (unpaired) electrons. The van der Waals surface area contributed by atoms with E-state index in [-0.39, 0.29) is 5.97 Å². The summed E-state index contributed by atoms with van der Waals surface area (Å²) < 4.78 is 4.63. The Hall–Kier alpha value is -0.570. The van der Waals surface area contributed by atoms with E-state index >= 15 is 0 Å². The fraction of sp³-hybridized carbons (Fsp3) is 0.889. The molecule has 0 spiro atoms. The molecule has 0 saturated carbocycles. The number of methoxy groups -OCH3 is 1. The molecule has 0 aromatic rings. The van der Waals surface area contributed by atoms with Crippen LogP contribution in [0, 0.1) is 5.92 Å². The van der Waals surface area contributed by atoms with Crippen molar-refractivity contribution in [3.63, 3.8) is 0 Å². The van der Waals surface area contributed by atoms with E-state index in [1.54, 1.807) is 0 Å².